The van der Waals surface area contributed by atoms with E-state index in [2.05, 4.69) is 15.2 Å². The Hall–Kier alpha value is -2.86. The van der Waals surface area contributed by atoms with Crippen molar-refractivity contribution >= 4 is 22.7 Å². The first-order valence-electron chi connectivity index (χ1n) is 8.79. The second kappa shape index (κ2) is 7.17. The van der Waals surface area contributed by atoms with Crippen molar-refractivity contribution in [3.63, 3.8) is 0 Å². The molecule has 1 aliphatic rings. The van der Waals surface area contributed by atoms with Crippen LogP contribution in [0.3, 0.4) is 0 Å². The molecule has 0 unspecified atom stereocenters. The number of morpholine rings is 1. The zero-order valence-corrected chi connectivity index (χ0v) is 14.6. The van der Waals surface area contributed by atoms with Gasteiger partial charge in [0.05, 0.1) is 24.8 Å². The monoisotopic (exact) mass is 351 g/mol. The van der Waals surface area contributed by atoms with Crippen LogP contribution in [-0.2, 0) is 4.74 Å². The third-order valence-electron chi connectivity index (χ3n) is 4.56. The van der Waals surface area contributed by atoms with E-state index < -0.39 is 0 Å². The SMILES string of the molecule is C[C@H](NC(=O)c1cccnc1N1CCOCC1)c1cc2ccccc2o1. The first-order chi connectivity index (χ1) is 12.7. The van der Waals surface area contributed by atoms with E-state index in [1.807, 2.05) is 37.3 Å². The maximum atomic E-state index is 12.9. The van der Waals surface area contributed by atoms with Gasteiger partial charge in [-0.3, -0.25) is 4.79 Å². The fourth-order valence-electron chi connectivity index (χ4n) is 3.16. The van der Waals surface area contributed by atoms with Crippen molar-refractivity contribution in [3.05, 3.63) is 60.0 Å². The van der Waals surface area contributed by atoms with Crippen molar-refractivity contribution < 1.29 is 13.9 Å². The molecule has 6 nitrogen and oxygen atoms in total. The molecule has 1 N–H and O–H groups in total. The van der Waals surface area contributed by atoms with Crippen LogP contribution in [0.5, 0.6) is 0 Å². The van der Waals surface area contributed by atoms with E-state index in [1.165, 1.54) is 0 Å². The van der Waals surface area contributed by atoms with Crippen LogP contribution >= 0.6 is 0 Å². The number of aromatic nitrogens is 1. The number of pyridine rings is 1. The van der Waals surface area contributed by atoms with E-state index in [-0.39, 0.29) is 11.9 Å². The van der Waals surface area contributed by atoms with Crippen LogP contribution in [0.4, 0.5) is 5.82 Å². The van der Waals surface area contributed by atoms with Gasteiger partial charge in [0, 0.05) is 24.7 Å². The lowest BCUT2D eigenvalue weighted by atomic mass is 10.1. The summed E-state index contributed by atoms with van der Waals surface area (Å²) < 4.78 is 11.2. The van der Waals surface area contributed by atoms with Gasteiger partial charge in [-0.2, -0.15) is 0 Å². The molecule has 4 rings (SSSR count). The van der Waals surface area contributed by atoms with Gasteiger partial charge < -0.3 is 19.4 Å². The number of para-hydroxylation sites is 1. The number of nitrogens with zero attached hydrogens (tertiary/aromatic N) is 2. The molecular formula is C20H21N3O3. The molecule has 0 saturated carbocycles. The largest absolute Gasteiger partial charge is 0.459 e. The number of hydrogen-bond acceptors (Lipinski definition) is 5. The van der Waals surface area contributed by atoms with Gasteiger partial charge in [-0.1, -0.05) is 18.2 Å². The lowest BCUT2D eigenvalue weighted by Crippen LogP contribution is -2.38. The molecule has 134 valence electrons. The summed E-state index contributed by atoms with van der Waals surface area (Å²) >= 11 is 0. The minimum Gasteiger partial charge on any atom is -0.459 e. The molecule has 1 fully saturated rings. The van der Waals surface area contributed by atoms with Crippen molar-refractivity contribution in [2.24, 2.45) is 0 Å². The lowest BCUT2D eigenvalue weighted by molar-refractivity contribution is 0.0934. The number of amides is 1. The van der Waals surface area contributed by atoms with Crippen molar-refractivity contribution in [1.82, 2.24) is 10.3 Å². The second-order valence-electron chi connectivity index (χ2n) is 6.36. The molecule has 26 heavy (non-hydrogen) atoms. The fourth-order valence-corrected chi connectivity index (χ4v) is 3.16. The average Bonchev–Trinajstić information content (AvgIpc) is 3.13. The number of carbonyl (C=O) groups excluding carboxylic acids is 1. The summed E-state index contributed by atoms with van der Waals surface area (Å²) in [5.74, 6) is 1.27. The first kappa shape index (κ1) is 16.6. The number of carbonyl (C=O) groups is 1. The van der Waals surface area contributed by atoms with Crippen molar-refractivity contribution in [2.75, 3.05) is 31.2 Å². The van der Waals surface area contributed by atoms with Gasteiger partial charge in [-0.25, -0.2) is 4.98 Å². The van der Waals surface area contributed by atoms with Gasteiger partial charge >= 0.3 is 0 Å². The molecule has 0 radical (unpaired) electrons. The molecule has 1 aromatic carbocycles. The molecule has 1 saturated heterocycles. The van der Waals surface area contributed by atoms with Gasteiger partial charge in [0.15, 0.2) is 0 Å². The fraction of sp³-hybridized carbons (Fsp3) is 0.300. The Morgan fingerprint density at radius 3 is 2.81 bits per heavy atom. The minimum absolute atomic E-state index is 0.160. The normalized spacial score (nSPS) is 15.8. The molecule has 0 aliphatic carbocycles. The number of furan rings is 1. The number of fused-ring (bicyclic) bond motifs is 1. The number of benzene rings is 1. The molecule has 2 aromatic heterocycles. The Morgan fingerprint density at radius 2 is 2.00 bits per heavy atom. The summed E-state index contributed by atoms with van der Waals surface area (Å²) in [5, 5.41) is 4.05. The molecule has 1 aliphatic heterocycles. The van der Waals surface area contributed by atoms with E-state index in [0.717, 1.165) is 29.8 Å². The third-order valence-corrected chi connectivity index (χ3v) is 4.56. The molecule has 6 heteroatoms. The zero-order chi connectivity index (χ0) is 17.9. The van der Waals surface area contributed by atoms with E-state index in [9.17, 15) is 4.79 Å². The summed E-state index contributed by atoms with van der Waals surface area (Å²) in [4.78, 5) is 19.4. The van der Waals surface area contributed by atoms with Gasteiger partial charge in [0.1, 0.15) is 17.2 Å². The Balaban J connectivity index is 1.54. The van der Waals surface area contributed by atoms with Gasteiger partial charge in [0.25, 0.3) is 5.91 Å². The van der Waals surface area contributed by atoms with Gasteiger partial charge in [-0.05, 0) is 31.2 Å². The van der Waals surface area contributed by atoms with Gasteiger partial charge in [-0.15, -0.1) is 0 Å². The van der Waals surface area contributed by atoms with Crippen LogP contribution in [0.1, 0.15) is 29.1 Å². The van der Waals surface area contributed by atoms with Crippen LogP contribution < -0.4 is 10.2 Å². The van der Waals surface area contributed by atoms with Crippen LogP contribution in [0.2, 0.25) is 0 Å². The van der Waals surface area contributed by atoms with Crippen molar-refractivity contribution in [2.45, 2.75) is 13.0 Å². The van der Waals surface area contributed by atoms with Crippen molar-refractivity contribution in [3.8, 4) is 0 Å². The quantitative estimate of drug-likeness (QED) is 0.782. The van der Waals surface area contributed by atoms with Crippen LogP contribution in [0.15, 0.2) is 53.1 Å². The lowest BCUT2D eigenvalue weighted by Gasteiger charge is -2.29. The van der Waals surface area contributed by atoms with Crippen molar-refractivity contribution in [1.29, 1.82) is 0 Å². The molecule has 0 spiro atoms. The maximum Gasteiger partial charge on any atom is 0.255 e. The highest BCUT2D eigenvalue weighted by molar-refractivity contribution is 5.99. The van der Waals surface area contributed by atoms with E-state index in [1.54, 1.807) is 18.3 Å². The summed E-state index contributed by atoms with van der Waals surface area (Å²) in [6, 6.07) is 13.1. The summed E-state index contributed by atoms with van der Waals surface area (Å²) in [7, 11) is 0. The number of ether oxygens (including phenoxy) is 1. The number of anilines is 1. The number of hydrogen-bond donors (Lipinski definition) is 1. The third kappa shape index (κ3) is 3.28. The Morgan fingerprint density at radius 1 is 1.19 bits per heavy atom. The highest BCUT2D eigenvalue weighted by Gasteiger charge is 2.22. The second-order valence-corrected chi connectivity index (χ2v) is 6.36. The number of rotatable bonds is 4. The highest BCUT2D eigenvalue weighted by atomic mass is 16.5. The van der Waals surface area contributed by atoms with Crippen LogP contribution in [0, 0.1) is 0 Å². The predicted octanol–water partition coefficient (Wildman–Crippen LogP) is 3.16. The first-order valence-corrected chi connectivity index (χ1v) is 8.79. The Bertz CT molecular complexity index is 882. The Labute approximate surface area is 151 Å². The maximum absolute atomic E-state index is 12.9. The average molecular weight is 351 g/mol. The summed E-state index contributed by atoms with van der Waals surface area (Å²) in [6.07, 6.45) is 1.71. The predicted molar refractivity (Wildman–Crippen MR) is 99.4 cm³/mol. The van der Waals surface area contributed by atoms with E-state index in [0.29, 0.717) is 24.6 Å². The molecule has 3 aromatic rings. The molecular weight excluding hydrogens is 330 g/mol. The topological polar surface area (TPSA) is 67.6 Å². The van der Waals surface area contributed by atoms with Gasteiger partial charge in [0.2, 0.25) is 0 Å². The van der Waals surface area contributed by atoms with E-state index in [4.69, 9.17) is 9.15 Å². The van der Waals surface area contributed by atoms with E-state index >= 15 is 0 Å². The minimum atomic E-state index is -0.243. The summed E-state index contributed by atoms with van der Waals surface area (Å²) in [6.45, 7) is 4.67. The smallest absolute Gasteiger partial charge is 0.255 e. The number of nitrogens with one attached hydrogen (secondary N) is 1. The zero-order valence-electron chi connectivity index (χ0n) is 14.6. The molecule has 1 atom stereocenters. The highest BCUT2D eigenvalue weighted by Crippen LogP contribution is 2.25. The molecule has 0 bridgehead atoms. The Kier molecular flexibility index (Phi) is 4.58. The van der Waals surface area contributed by atoms with Crippen LogP contribution in [0.25, 0.3) is 11.0 Å². The summed E-state index contributed by atoms with van der Waals surface area (Å²) in [5.41, 5.74) is 1.39. The molecule has 1 amide bonds. The standard InChI is InChI=1S/C20H21N3O3/c1-14(18-13-15-5-2-3-7-17(15)26-18)22-20(24)16-6-4-8-21-19(16)23-9-11-25-12-10-23/h2-8,13-14H,9-12H2,1H3,(H,22,24)/t14-/m0/s1. The van der Waals surface area contributed by atoms with Crippen LogP contribution in [-0.4, -0.2) is 37.2 Å². The molecule has 3 heterocycles.